The molecule has 0 aliphatic heterocycles. The molecule has 6 heteroatoms. The first kappa shape index (κ1) is 19.5. The zero-order valence-electron chi connectivity index (χ0n) is 11.4. The third-order valence-corrected chi connectivity index (χ3v) is 1.08. The van der Waals surface area contributed by atoms with E-state index in [2.05, 4.69) is 0 Å². The molecule has 0 saturated carbocycles. The minimum Gasteiger partial charge on any atom is -0.326 e. The van der Waals surface area contributed by atoms with Gasteiger partial charge < -0.3 is 10.5 Å². The summed E-state index contributed by atoms with van der Waals surface area (Å²) in [4.78, 5) is 34.1. The van der Waals surface area contributed by atoms with Crippen LogP contribution in [0.25, 0.3) is 0 Å². The van der Waals surface area contributed by atoms with Crippen LogP contribution in [0.1, 0.15) is 19.4 Å². The van der Waals surface area contributed by atoms with Crippen molar-refractivity contribution in [3.63, 3.8) is 0 Å². The van der Waals surface area contributed by atoms with Crippen LogP contribution in [0, 0.1) is 0 Å². The first-order chi connectivity index (χ1) is 7.90. The number of hydrogen-bond donors (Lipinski definition) is 4. The average Bonchev–Trinajstić information content (AvgIpc) is 2.14. The summed E-state index contributed by atoms with van der Waals surface area (Å²) in [7, 11) is -4.05. The average molecular weight is 277 g/mol. The molecule has 0 fully saturated rings. The quantitative estimate of drug-likeness (QED) is 0.579. The molecule has 0 radical (unpaired) electrons. The van der Waals surface area contributed by atoms with Gasteiger partial charge in [0.2, 0.25) is 0 Å². The molecule has 1 rings (SSSR count). The predicted molar refractivity (Wildman–Crippen MR) is 76.1 cm³/mol. The number of carbonyl (C=O) groups is 1. The first-order valence-electron chi connectivity index (χ1n) is 5.37. The van der Waals surface area contributed by atoms with Gasteiger partial charge >= 0.3 is 35.3 Å². The minimum absolute atomic E-state index is 0.167. The fourth-order valence-corrected chi connectivity index (χ4v) is 0.614. The smallest absolute Gasteiger partial charge is 0.0178 e. The molecule has 1 aromatic carbocycles. The Bertz CT molecular complexity index is 323. The van der Waals surface area contributed by atoms with Crippen molar-refractivity contribution in [2.24, 2.45) is 5.73 Å². The molecule has 5 nitrogen and oxygen atoms in total. The maximum Gasteiger partial charge on any atom is 0.0178 e. The summed E-state index contributed by atoms with van der Waals surface area (Å²) >= 11 is 0. The molecule has 0 spiro atoms. The van der Waals surface area contributed by atoms with Gasteiger partial charge in [0.05, 0.1) is 0 Å². The van der Waals surface area contributed by atoms with Crippen molar-refractivity contribution in [3.05, 3.63) is 35.9 Å². The molecule has 0 saturated heterocycles. The summed E-state index contributed by atoms with van der Waals surface area (Å²) in [6.45, 7) is 5.71. The fourth-order valence-electron chi connectivity index (χ4n) is 0.614. The molecule has 0 amide bonds. The molecule has 0 aliphatic carbocycles. The van der Waals surface area contributed by atoms with Gasteiger partial charge in [-0.2, -0.15) is 0 Å². The second kappa shape index (κ2) is 8.29. The number of carbonyl (C=O) groups excluding carboxylic acids is 1. The Labute approximate surface area is 108 Å². The summed E-state index contributed by atoms with van der Waals surface area (Å²) in [6, 6.07) is 9.99. The van der Waals surface area contributed by atoms with Crippen LogP contribution in [0.15, 0.2) is 30.3 Å². The van der Waals surface area contributed by atoms with Gasteiger partial charge in [-0.15, -0.1) is 0 Å². The van der Waals surface area contributed by atoms with E-state index < -0.39 is 7.28 Å². The fraction of sp³-hybridized carbons (Fsp3) is 0.417. The van der Waals surface area contributed by atoms with Gasteiger partial charge in [0.1, 0.15) is 5.78 Å². The summed E-state index contributed by atoms with van der Waals surface area (Å²) in [5.74, 6) is 0.167. The van der Waals surface area contributed by atoms with Crippen LogP contribution in [0.3, 0.4) is 0 Å². The van der Waals surface area contributed by atoms with Crippen molar-refractivity contribution in [2.75, 3.05) is 13.3 Å². The molecule has 5 N–H and O–H groups in total. The SMILES string of the molecule is CC(C)=O.CP(C)(O)(O)O.NCc1ccccc1. The van der Waals surface area contributed by atoms with E-state index in [0.29, 0.717) is 6.54 Å². The van der Waals surface area contributed by atoms with Gasteiger partial charge in [-0.1, -0.05) is 30.3 Å². The Morgan fingerprint density at radius 3 is 1.56 bits per heavy atom. The Hall–Kier alpha value is -0.840. The van der Waals surface area contributed by atoms with E-state index in [0.717, 1.165) is 13.3 Å². The normalized spacial score (nSPS) is 11.9. The molecule has 0 aromatic heterocycles. The summed E-state index contributed by atoms with van der Waals surface area (Å²) in [5.41, 5.74) is 6.54. The molecule has 0 heterocycles. The molecule has 1 aromatic rings. The number of benzene rings is 1. The van der Waals surface area contributed by atoms with Crippen LogP contribution >= 0.6 is 7.28 Å². The van der Waals surface area contributed by atoms with Crippen molar-refractivity contribution in [1.29, 1.82) is 0 Å². The number of hydrogen-bond acceptors (Lipinski definition) is 5. The predicted octanol–water partition coefficient (Wildman–Crippen LogP) is 1.26. The summed E-state index contributed by atoms with van der Waals surface area (Å²) in [6.07, 6.45) is 0. The Morgan fingerprint density at radius 1 is 1.11 bits per heavy atom. The zero-order valence-corrected chi connectivity index (χ0v) is 12.3. The van der Waals surface area contributed by atoms with Crippen LogP contribution in [0.4, 0.5) is 0 Å². The molecule has 106 valence electrons. The van der Waals surface area contributed by atoms with E-state index in [4.69, 9.17) is 20.4 Å². The van der Waals surface area contributed by atoms with Crippen LogP contribution in [0.2, 0.25) is 0 Å². The standard InChI is InChI=1S/C7H9N.C3H6O.C2H9O3P/c8-6-7-4-2-1-3-5-7;1-3(2)4;1-6(2,3,4)5/h1-5H,6,8H2;1-2H3;3-5H,1-2H3. The van der Waals surface area contributed by atoms with Gasteiger partial charge in [-0.05, 0) is 19.4 Å². The third-order valence-electron chi connectivity index (χ3n) is 1.08. The van der Waals surface area contributed by atoms with Gasteiger partial charge in [0.15, 0.2) is 0 Å². The van der Waals surface area contributed by atoms with Crippen LogP contribution in [-0.4, -0.2) is 33.8 Å². The number of ketones is 1. The van der Waals surface area contributed by atoms with E-state index in [1.807, 2.05) is 30.3 Å². The maximum atomic E-state index is 9.44. The van der Waals surface area contributed by atoms with Crippen molar-refractivity contribution in [3.8, 4) is 0 Å². The maximum absolute atomic E-state index is 9.44. The molecule has 0 unspecified atom stereocenters. The Balaban J connectivity index is 0. The molecular weight excluding hydrogens is 253 g/mol. The van der Waals surface area contributed by atoms with E-state index in [1.165, 1.54) is 19.4 Å². The molecule has 0 aliphatic rings. The van der Waals surface area contributed by atoms with Crippen molar-refractivity contribution < 1.29 is 19.5 Å². The van der Waals surface area contributed by atoms with Gasteiger partial charge in [0.25, 0.3) is 0 Å². The number of rotatable bonds is 1. The summed E-state index contributed by atoms with van der Waals surface area (Å²) in [5, 5.41) is 0. The molecule has 18 heavy (non-hydrogen) atoms. The second-order valence-corrected chi connectivity index (χ2v) is 8.34. The third kappa shape index (κ3) is 36.2. The molecule has 0 atom stereocenters. The second-order valence-electron chi connectivity index (χ2n) is 4.51. The minimum atomic E-state index is -4.05. The van der Waals surface area contributed by atoms with E-state index in [9.17, 15) is 4.79 Å². The molecular formula is C12H24NO4P. The number of nitrogens with two attached hydrogens (primary N) is 1. The Kier molecular flexibility index (Phi) is 8.99. The van der Waals surface area contributed by atoms with E-state index >= 15 is 0 Å². The first-order valence-corrected chi connectivity index (χ1v) is 8.36. The summed E-state index contributed by atoms with van der Waals surface area (Å²) < 4.78 is 0. The Morgan fingerprint density at radius 2 is 1.39 bits per heavy atom. The van der Waals surface area contributed by atoms with E-state index in [1.54, 1.807) is 0 Å². The van der Waals surface area contributed by atoms with Crippen molar-refractivity contribution >= 4 is 13.1 Å². The van der Waals surface area contributed by atoms with Crippen LogP contribution in [0.5, 0.6) is 0 Å². The molecule has 0 bridgehead atoms. The zero-order chi connectivity index (χ0) is 14.8. The van der Waals surface area contributed by atoms with Crippen molar-refractivity contribution in [1.82, 2.24) is 0 Å². The van der Waals surface area contributed by atoms with Gasteiger partial charge in [-0.3, -0.25) is 0 Å². The van der Waals surface area contributed by atoms with E-state index in [-0.39, 0.29) is 5.78 Å². The number of Topliss-reactive ketones (excluding diaryl/α,β-unsaturated/α-hetero) is 1. The van der Waals surface area contributed by atoms with Crippen molar-refractivity contribution in [2.45, 2.75) is 20.4 Å². The topological polar surface area (TPSA) is 104 Å². The van der Waals surface area contributed by atoms with Gasteiger partial charge in [0, 0.05) is 6.54 Å². The van der Waals surface area contributed by atoms with Crippen LogP contribution in [-0.2, 0) is 11.3 Å². The largest absolute Gasteiger partial charge is 0.326 e. The monoisotopic (exact) mass is 277 g/mol. The van der Waals surface area contributed by atoms with Crippen LogP contribution < -0.4 is 5.73 Å². The van der Waals surface area contributed by atoms with Gasteiger partial charge in [-0.25, -0.2) is 0 Å².